The van der Waals surface area contributed by atoms with E-state index in [0.29, 0.717) is 31.1 Å². The summed E-state index contributed by atoms with van der Waals surface area (Å²) < 4.78 is 41.3. The Morgan fingerprint density at radius 3 is 2.36 bits per heavy atom. The number of alkyl halides is 3. The molecule has 0 spiro atoms. The molecule has 2 heterocycles. The van der Waals surface area contributed by atoms with Crippen LogP contribution >= 0.6 is 11.3 Å². The quantitative estimate of drug-likeness (QED) is 0.819. The molecule has 1 N–H and O–H groups in total. The molecule has 1 saturated heterocycles. The zero-order valence-electron chi connectivity index (χ0n) is 14.7. The second-order valence-electron chi connectivity index (χ2n) is 6.05. The van der Waals surface area contributed by atoms with Crippen molar-refractivity contribution in [1.82, 2.24) is 9.80 Å². The molecule has 0 saturated carbocycles. The summed E-state index contributed by atoms with van der Waals surface area (Å²) >= 11 is 1.37. The number of ether oxygens (including phenoxy) is 1. The van der Waals surface area contributed by atoms with E-state index in [1.54, 1.807) is 21.9 Å². The molecule has 1 aliphatic rings. The normalized spacial score (nSPS) is 14.7. The van der Waals surface area contributed by atoms with Crippen molar-refractivity contribution in [1.29, 1.82) is 0 Å². The lowest BCUT2D eigenvalue weighted by Gasteiger charge is -2.34. The van der Waals surface area contributed by atoms with Crippen LogP contribution in [0.25, 0.3) is 0 Å². The van der Waals surface area contributed by atoms with E-state index in [0.717, 1.165) is 0 Å². The average Bonchev–Trinajstić information content (AvgIpc) is 3.20. The number of carbonyl (C=O) groups excluding carboxylic acids is 2. The Balaban J connectivity index is 1.51. The number of amides is 2. The number of hydrogen-bond acceptors (Lipinski definition) is 5. The Labute approximate surface area is 163 Å². The van der Waals surface area contributed by atoms with Crippen molar-refractivity contribution in [2.75, 3.05) is 38.0 Å². The Morgan fingerprint density at radius 1 is 1.04 bits per heavy atom. The van der Waals surface area contributed by atoms with Crippen LogP contribution < -0.4 is 10.1 Å². The number of nitrogens with zero attached hydrogens (tertiary/aromatic N) is 2. The zero-order chi connectivity index (χ0) is 20.1. The lowest BCUT2D eigenvalue weighted by atomic mass is 10.2. The molecule has 28 heavy (non-hydrogen) atoms. The fraction of sp³-hybridized carbons (Fsp3) is 0.333. The van der Waals surface area contributed by atoms with Gasteiger partial charge in [0.25, 0.3) is 5.91 Å². The van der Waals surface area contributed by atoms with Crippen molar-refractivity contribution in [2.24, 2.45) is 0 Å². The van der Waals surface area contributed by atoms with Gasteiger partial charge in [0.2, 0.25) is 5.91 Å². The van der Waals surface area contributed by atoms with Crippen LogP contribution in [-0.4, -0.2) is 60.7 Å². The number of halogens is 3. The molecule has 1 fully saturated rings. The first-order chi connectivity index (χ1) is 13.3. The van der Waals surface area contributed by atoms with Crippen molar-refractivity contribution in [3.63, 3.8) is 0 Å². The summed E-state index contributed by atoms with van der Waals surface area (Å²) in [5.41, 5.74) is 0.0830. The number of anilines is 1. The molecule has 1 aromatic carbocycles. The molecule has 0 atom stereocenters. The van der Waals surface area contributed by atoms with Crippen LogP contribution in [0.2, 0.25) is 0 Å². The molecule has 6 nitrogen and oxygen atoms in total. The molecule has 3 rings (SSSR count). The third-order valence-corrected chi connectivity index (χ3v) is 5.05. The summed E-state index contributed by atoms with van der Waals surface area (Å²) in [6.45, 7) is 1.40. The molecule has 10 heteroatoms. The Kier molecular flexibility index (Phi) is 6.08. The second-order valence-corrected chi connectivity index (χ2v) is 7.00. The zero-order valence-corrected chi connectivity index (χ0v) is 15.6. The molecular weight excluding hydrogens is 395 g/mol. The maximum Gasteiger partial charge on any atom is 0.573 e. The second kappa shape index (κ2) is 8.51. The third kappa shape index (κ3) is 5.16. The highest BCUT2D eigenvalue weighted by Crippen LogP contribution is 2.29. The van der Waals surface area contributed by atoms with Gasteiger partial charge in [0.05, 0.1) is 17.1 Å². The van der Waals surface area contributed by atoms with Crippen molar-refractivity contribution in [3.05, 3.63) is 46.7 Å². The van der Waals surface area contributed by atoms with Gasteiger partial charge in [-0.2, -0.15) is 0 Å². The van der Waals surface area contributed by atoms with Gasteiger partial charge in [0, 0.05) is 26.2 Å². The van der Waals surface area contributed by atoms with E-state index in [2.05, 4.69) is 10.1 Å². The van der Waals surface area contributed by atoms with Gasteiger partial charge >= 0.3 is 6.36 Å². The van der Waals surface area contributed by atoms with Crippen molar-refractivity contribution in [2.45, 2.75) is 6.36 Å². The molecule has 0 radical (unpaired) electrons. The highest BCUT2D eigenvalue weighted by molar-refractivity contribution is 7.12. The Bertz CT molecular complexity index is 819. The molecule has 2 aromatic rings. The van der Waals surface area contributed by atoms with Gasteiger partial charge in [-0.1, -0.05) is 18.2 Å². The van der Waals surface area contributed by atoms with Gasteiger partial charge in [-0.3, -0.25) is 9.59 Å². The number of piperazine rings is 1. The average molecular weight is 413 g/mol. The van der Waals surface area contributed by atoms with E-state index >= 15 is 0 Å². The lowest BCUT2D eigenvalue weighted by molar-refractivity contribution is -0.274. The standard InChI is InChI=1S/C18H18F3N3O3S/c19-18(20,21)27-14-5-2-1-4-13(14)22-12-16(25)23-7-9-24(10-8-23)17(26)15-6-3-11-28-15/h1-6,11,22H,7-10,12H2. The topological polar surface area (TPSA) is 61.9 Å². The summed E-state index contributed by atoms with van der Waals surface area (Å²) in [7, 11) is 0. The van der Waals surface area contributed by atoms with Gasteiger partial charge < -0.3 is 19.9 Å². The fourth-order valence-electron chi connectivity index (χ4n) is 2.82. The third-order valence-electron chi connectivity index (χ3n) is 4.19. The van der Waals surface area contributed by atoms with E-state index in [1.165, 1.54) is 29.5 Å². The van der Waals surface area contributed by atoms with Gasteiger partial charge in [0.15, 0.2) is 5.75 Å². The first-order valence-corrected chi connectivity index (χ1v) is 9.40. The molecule has 1 aromatic heterocycles. The summed E-state index contributed by atoms with van der Waals surface area (Å²) in [4.78, 5) is 28.6. The number of nitrogens with one attached hydrogen (secondary N) is 1. The van der Waals surface area contributed by atoms with Crippen LogP contribution in [0.1, 0.15) is 9.67 Å². The number of benzene rings is 1. The fourth-order valence-corrected chi connectivity index (χ4v) is 3.51. The molecular formula is C18H18F3N3O3S. The summed E-state index contributed by atoms with van der Waals surface area (Å²) in [5, 5.41) is 4.53. The van der Waals surface area contributed by atoms with E-state index < -0.39 is 12.1 Å². The van der Waals surface area contributed by atoms with Crippen LogP contribution in [0.5, 0.6) is 5.75 Å². The monoisotopic (exact) mass is 413 g/mol. The van der Waals surface area contributed by atoms with E-state index in [-0.39, 0.29) is 24.0 Å². The maximum absolute atomic E-state index is 12.5. The van der Waals surface area contributed by atoms with Crippen LogP contribution in [0.3, 0.4) is 0 Å². The predicted octanol–water partition coefficient (Wildman–Crippen LogP) is 3.04. The van der Waals surface area contributed by atoms with Crippen molar-refractivity contribution in [3.8, 4) is 5.75 Å². The van der Waals surface area contributed by atoms with Crippen LogP contribution in [-0.2, 0) is 4.79 Å². The van der Waals surface area contributed by atoms with Crippen molar-refractivity contribution < 1.29 is 27.5 Å². The number of carbonyl (C=O) groups is 2. The van der Waals surface area contributed by atoms with Gasteiger partial charge in [-0.25, -0.2) is 0 Å². The summed E-state index contributed by atoms with van der Waals surface area (Å²) in [5.74, 6) is -0.711. The van der Waals surface area contributed by atoms with E-state index in [1.807, 2.05) is 11.4 Å². The highest BCUT2D eigenvalue weighted by Gasteiger charge is 2.32. The molecule has 0 unspecified atom stereocenters. The summed E-state index contributed by atoms with van der Waals surface area (Å²) in [6, 6.07) is 9.11. The van der Waals surface area contributed by atoms with Gasteiger partial charge in [-0.05, 0) is 23.6 Å². The Morgan fingerprint density at radius 2 is 1.71 bits per heavy atom. The minimum absolute atomic E-state index is 0.0570. The highest BCUT2D eigenvalue weighted by atomic mass is 32.1. The van der Waals surface area contributed by atoms with Crippen LogP contribution in [0.15, 0.2) is 41.8 Å². The predicted molar refractivity (Wildman–Crippen MR) is 98.4 cm³/mol. The first-order valence-electron chi connectivity index (χ1n) is 8.53. The first kappa shape index (κ1) is 20.0. The van der Waals surface area contributed by atoms with Crippen LogP contribution in [0, 0.1) is 0 Å². The number of rotatable bonds is 5. The molecule has 150 valence electrons. The van der Waals surface area contributed by atoms with Crippen LogP contribution in [0.4, 0.5) is 18.9 Å². The summed E-state index contributed by atoms with van der Waals surface area (Å²) in [6.07, 6.45) is -4.81. The smallest absolute Gasteiger partial charge is 0.404 e. The minimum Gasteiger partial charge on any atom is -0.404 e. The van der Waals surface area contributed by atoms with E-state index in [9.17, 15) is 22.8 Å². The minimum atomic E-state index is -4.81. The molecule has 1 aliphatic heterocycles. The molecule has 2 amide bonds. The van der Waals surface area contributed by atoms with Gasteiger partial charge in [0.1, 0.15) is 0 Å². The SMILES string of the molecule is O=C(CNc1ccccc1OC(F)(F)F)N1CCN(C(=O)c2cccs2)CC1. The lowest BCUT2D eigenvalue weighted by Crippen LogP contribution is -2.51. The van der Waals surface area contributed by atoms with Crippen molar-refractivity contribution >= 4 is 28.8 Å². The molecule has 0 aliphatic carbocycles. The number of para-hydroxylation sites is 2. The maximum atomic E-state index is 12.5. The number of thiophene rings is 1. The molecule has 0 bridgehead atoms. The Hall–Kier alpha value is -2.75. The van der Waals surface area contributed by atoms with Gasteiger partial charge in [-0.15, -0.1) is 24.5 Å². The largest absolute Gasteiger partial charge is 0.573 e. The van der Waals surface area contributed by atoms with E-state index in [4.69, 9.17) is 0 Å². The number of hydrogen-bond donors (Lipinski definition) is 1.